The van der Waals surface area contributed by atoms with Crippen molar-refractivity contribution in [3.05, 3.63) is 77.6 Å². The third-order valence-corrected chi connectivity index (χ3v) is 7.97. The molecule has 0 spiro atoms. The minimum Gasteiger partial charge on any atom is -0.384 e. The number of H-pyrrole nitrogens is 1. The maximum atomic E-state index is 12.7. The van der Waals surface area contributed by atoms with Gasteiger partial charge in [-0.25, -0.2) is 9.97 Å². The number of nitrogens with two attached hydrogens (primary N) is 1. The van der Waals surface area contributed by atoms with Crippen LogP contribution in [0.25, 0.3) is 22.2 Å². The lowest BCUT2D eigenvalue weighted by atomic mass is 10.1. The molecule has 0 saturated carbocycles. The first-order valence-electron chi connectivity index (χ1n) is 15.2. The molecule has 1 aliphatic heterocycles. The number of amidine groups is 1. The smallest absolute Gasteiger partial charge is 0.251 e. The van der Waals surface area contributed by atoms with Crippen LogP contribution >= 0.6 is 0 Å². The van der Waals surface area contributed by atoms with Crippen molar-refractivity contribution in [2.24, 2.45) is 5.73 Å². The molecule has 1 saturated heterocycles. The Hall–Kier alpha value is -4.24. The summed E-state index contributed by atoms with van der Waals surface area (Å²) in [5, 5.41) is 15.0. The van der Waals surface area contributed by atoms with Crippen molar-refractivity contribution in [1.29, 1.82) is 5.41 Å². The summed E-state index contributed by atoms with van der Waals surface area (Å²) in [6.45, 7) is 5.18. The SMILES string of the molecule is N=C(N)c1c[nH]c2ccc(CCNC(=O)c3ccc(-c4ccnc(NCCCCCCN5CCCCC5)n4)cc3)cc12. The van der Waals surface area contributed by atoms with E-state index in [0.29, 0.717) is 30.0 Å². The summed E-state index contributed by atoms with van der Waals surface area (Å²) in [6.07, 6.45) is 13.2. The minimum absolute atomic E-state index is 0.0359. The van der Waals surface area contributed by atoms with E-state index in [1.54, 1.807) is 12.4 Å². The fourth-order valence-corrected chi connectivity index (χ4v) is 5.56. The number of piperidine rings is 1. The van der Waals surface area contributed by atoms with Gasteiger partial charge >= 0.3 is 0 Å². The third kappa shape index (κ3) is 7.94. The maximum absolute atomic E-state index is 12.7. The zero-order valence-electron chi connectivity index (χ0n) is 24.3. The van der Waals surface area contributed by atoms with Crippen molar-refractivity contribution in [2.45, 2.75) is 51.4 Å². The van der Waals surface area contributed by atoms with E-state index in [0.717, 1.165) is 40.7 Å². The second kappa shape index (κ2) is 14.6. The number of hydrogen-bond acceptors (Lipinski definition) is 6. The number of hydrogen-bond donors (Lipinski definition) is 5. The number of benzene rings is 2. The van der Waals surface area contributed by atoms with E-state index in [4.69, 9.17) is 11.1 Å². The third-order valence-electron chi connectivity index (χ3n) is 7.97. The molecular formula is C33H42N8O. The number of rotatable bonds is 14. The van der Waals surface area contributed by atoms with Gasteiger partial charge in [0.05, 0.1) is 5.69 Å². The van der Waals surface area contributed by atoms with Gasteiger partial charge in [-0.05, 0) is 87.6 Å². The molecule has 4 aromatic rings. The Labute approximate surface area is 247 Å². The van der Waals surface area contributed by atoms with Crippen molar-refractivity contribution >= 4 is 28.6 Å². The van der Waals surface area contributed by atoms with E-state index >= 15 is 0 Å². The van der Waals surface area contributed by atoms with E-state index in [2.05, 4.69) is 30.5 Å². The van der Waals surface area contributed by atoms with Gasteiger partial charge in [0.15, 0.2) is 0 Å². The van der Waals surface area contributed by atoms with Crippen molar-refractivity contribution in [3.63, 3.8) is 0 Å². The van der Waals surface area contributed by atoms with Gasteiger partial charge in [-0.2, -0.15) is 0 Å². The van der Waals surface area contributed by atoms with Gasteiger partial charge in [-0.15, -0.1) is 0 Å². The summed E-state index contributed by atoms with van der Waals surface area (Å²) in [6, 6.07) is 15.4. The molecule has 0 unspecified atom stereocenters. The van der Waals surface area contributed by atoms with Crippen LogP contribution in [0.3, 0.4) is 0 Å². The molecule has 0 aliphatic carbocycles. The number of anilines is 1. The number of fused-ring (bicyclic) bond motifs is 1. The summed E-state index contributed by atoms with van der Waals surface area (Å²) in [7, 11) is 0. The molecular weight excluding hydrogens is 524 g/mol. The molecule has 2 aromatic carbocycles. The van der Waals surface area contributed by atoms with Gasteiger partial charge in [0.1, 0.15) is 5.84 Å². The number of aromatic amines is 1. The maximum Gasteiger partial charge on any atom is 0.251 e. The van der Waals surface area contributed by atoms with Crippen LogP contribution in [0.2, 0.25) is 0 Å². The van der Waals surface area contributed by atoms with Crippen LogP contribution in [-0.4, -0.2) is 64.3 Å². The number of unbranched alkanes of at least 4 members (excludes halogenated alkanes) is 3. The normalized spacial score (nSPS) is 13.7. The molecule has 0 bridgehead atoms. The average Bonchev–Trinajstić information content (AvgIpc) is 3.45. The monoisotopic (exact) mass is 566 g/mol. The molecule has 9 heteroatoms. The van der Waals surface area contributed by atoms with Crippen molar-refractivity contribution in [2.75, 3.05) is 38.0 Å². The molecule has 1 aliphatic rings. The average molecular weight is 567 g/mol. The highest BCUT2D eigenvalue weighted by Gasteiger charge is 2.11. The summed E-state index contributed by atoms with van der Waals surface area (Å²) < 4.78 is 0. The molecule has 42 heavy (non-hydrogen) atoms. The lowest BCUT2D eigenvalue weighted by Gasteiger charge is -2.26. The number of amides is 1. The number of carbonyl (C=O) groups is 1. The minimum atomic E-state index is -0.116. The van der Waals surface area contributed by atoms with Crippen LogP contribution in [0, 0.1) is 5.41 Å². The predicted molar refractivity (Wildman–Crippen MR) is 170 cm³/mol. The highest BCUT2D eigenvalue weighted by molar-refractivity contribution is 6.07. The molecule has 5 rings (SSSR count). The first-order valence-corrected chi connectivity index (χ1v) is 15.2. The zero-order chi connectivity index (χ0) is 29.1. The summed E-state index contributed by atoms with van der Waals surface area (Å²) in [4.78, 5) is 27.5. The largest absolute Gasteiger partial charge is 0.384 e. The predicted octanol–water partition coefficient (Wildman–Crippen LogP) is 5.34. The van der Waals surface area contributed by atoms with E-state index in [-0.39, 0.29) is 11.7 Å². The number of carbonyl (C=O) groups excluding carboxylic acids is 1. The lowest BCUT2D eigenvalue weighted by molar-refractivity contribution is 0.0954. The van der Waals surface area contributed by atoms with Gasteiger partial charge in [0.25, 0.3) is 5.91 Å². The highest BCUT2D eigenvalue weighted by Crippen LogP contribution is 2.21. The Kier molecular flexibility index (Phi) is 10.2. The Bertz CT molecular complexity index is 1470. The van der Waals surface area contributed by atoms with Crippen molar-refractivity contribution < 1.29 is 4.79 Å². The summed E-state index contributed by atoms with van der Waals surface area (Å²) >= 11 is 0. The van der Waals surface area contributed by atoms with Gasteiger partial charge < -0.3 is 26.3 Å². The summed E-state index contributed by atoms with van der Waals surface area (Å²) in [5.41, 5.74) is 10.8. The van der Waals surface area contributed by atoms with Crippen LogP contribution in [0.1, 0.15) is 66.4 Å². The Morgan fingerprint density at radius 2 is 1.79 bits per heavy atom. The van der Waals surface area contributed by atoms with Gasteiger partial charge in [0.2, 0.25) is 5.95 Å². The van der Waals surface area contributed by atoms with E-state index in [9.17, 15) is 4.79 Å². The molecule has 0 atom stereocenters. The van der Waals surface area contributed by atoms with Crippen LogP contribution in [0.5, 0.6) is 0 Å². The Morgan fingerprint density at radius 3 is 2.60 bits per heavy atom. The Balaban J connectivity index is 1.04. The summed E-state index contributed by atoms with van der Waals surface area (Å²) in [5.74, 6) is 0.555. The molecule has 2 aromatic heterocycles. The highest BCUT2D eigenvalue weighted by atomic mass is 16.1. The van der Waals surface area contributed by atoms with E-state index < -0.39 is 0 Å². The second-order valence-corrected chi connectivity index (χ2v) is 11.1. The molecule has 1 amide bonds. The van der Waals surface area contributed by atoms with Crippen LogP contribution in [0.15, 0.2) is 60.9 Å². The first-order chi connectivity index (χ1) is 20.6. The number of nitrogens with one attached hydrogen (secondary N) is 4. The topological polar surface area (TPSA) is 136 Å². The Morgan fingerprint density at radius 1 is 0.976 bits per heavy atom. The molecule has 1 fully saturated rings. The molecule has 6 N–H and O–H groups in total. The van der Waals surface area contributed by atoms with Crippen LogP contribution in [0.4, 0.5) is 5.95 Å². The molecule has 220 valence electrons. The van der Waals surface area contributed by atoms with Gasteiger partial charge in [-0.3, -0.25) is 10.2 Å². The van der Waals surface area contributed by atoms with Crippen LogP contribution in [-0.2, 0) is 6.42 Å². The van der Waals surface area contributed by atoms with Gasteiger partial charge in [0, 0.05) is 53.1 Å². The van der Waals surface area contributed by atoms with Crippen molar-refractivity contribution in [1.82, 2.24) is 25.2 Å². The first kappa shape index (κ1) is 29.3. The fraction of sp³-hybridized carbons (Fsp3) is 0.394. The van der Waals surface area contributed by atoms with Crippen molar-refractivity contribution in [3.8, 4) is 11.3 Å². The molecule has 0 radical (unpaired) electrons. The lowest BCUT2D eigenvalue weighted by Crippen LogP contribution is -2.30. The fourth-order valence-electron chi connectivity index (χ4n) is 5.56. The van der Waals surface area contributed by atoms with Crippen LogP contribution < -0.4 is 16.4 Å². The van der Waals surface area contributed by atoms with E-state index in [1.807, 2.05) is 48.5 Å². The number of aromatic nitrogens is 3. The van der Waals surface area contributed by atoms with E-state index in [1.165, 1.54) is 58.2 Å². The zero-order valence-corrected chi connectivity index (χ0v) is 24.3. The van der Waals surface area contributed by atoms with Gasteiger partial charge in [-0.1, -0.05) is 37.5 Å². The second-order valence-electron chi connectivity index (χ2n) is 11.1. The quantitative estimate of drug-likeness (QED) is 0.0794. The standard InChI is InChI=1S/C33H42N8O/c34-31(35)28-23-39-30-13-8-24(22-27(28)30)14-17-36-32(42)26-11-9-25(10-12-26)29-15-18-38-33(40-29)37-16-4-1-2-5-19-41-20-6-3-7-21-41/h8-13,15,18,22-23,39H,1-7,14,16-17,19-21H2,(H3,34,35)(H,36,42)(H,37,38,40). The number of likely N-dealkylation sites (tertiary alicyclic amines) is 1. The molecule has 9 nitrogen and oxygen atoms in total. The number of nitrogens with zero attached hydrogens (tertiary/aromatic N) is 3. The molecule has 3 heterocycles. The number of nitrogen functional groups attached to an aromatic ring is 1.